The predicted molar refractivity (Wildman–Crippen MR) is 80.0 cm³/mol. The minimum atomic E-state index is -0.519. The Morgan fingerprint density at radius 3 is 2.14 bits per heavy atom. The van der Waals surface area contributed by atoms with Crippen molar-refractivity contribution in [2.45, 2.75) is 26.4 Å². The van der Waals surface area contributed by atoms with E-state index in [1.165, 1.54) is 12.1 Å². The van der Waals surface area contributed by atoms with Gasteiger partial charge in [0.25, 0.3) is 0 Å². The molecule has 0 saturated heterocycles. The van der Waals surface area contributed by atoms with Crippen LogP contribution in [0.3, 0.4) is 0 Å². The van der Waals surface area contributed by atoms with E-state index in [1.54, 1.807) is 30.3 Å². The van der Waals surface area contributed by atoms with Gasteiger partial charge in [-0.05, 0) is 32.9 Å². The molecule has 0 fully saturated rings. The molecule has 0 saturated carbocycles. The van der Waals surface area contributed by atoms with Crippen molar-refractivity contribution in [1.82, 2.24) is 0 Å². The molecule has 0 heterocycles. The molecular weight excluding hydrogens is 268 g/mol. The van der Waals surface area contributed by atoms with Crippen molar-refractivity contribution in [1.29, 1.82) is 0 Å². The third-order valence-electron chi connectivity index (χ3n) is 2.81. The first-order chi connectivity index (χ1) is 9.79. The second-order valence-corrected chi connectivity index (χ2v) is 5.72. The van der Waals surface area contributed by atoms with Gasteiger partial charge in [-0.1, -0.05) is 30.3 Å². The molecule has 0 atom stereocenters. The minimum absolute atomic E-state index is 0.0416. The molecule has 110 valence electrons. The number of carbonyl (C=O) groups is 1. The summed E-state index contributed by atoms with van der Waals surface area (Å²) in [5.41, 5.74) is -0.0360. The Hall–Kier alpha value is -2.49. The topological polar surface area (TPSA) is 66.8 Å². The molecule has 4 nitrogen and oxygen atoms in total. The van der Waals surface area contributed by atoms with Gasteiger partial charge in [-0.3, -0.25) is 4.79 Å². The molecule has 0 bridgehead atoms. The molecule has 0 aliphatic heterocycles. The smallest absolute Gasteiger partial charge is 0.201 e. The lowest BCUT2D eigenvalue weighted by atomic mass is 10.0. The van der Waals surface area contributed by atoms with Crippen molar-refractivity contribution in [2.24, 2.45) is 0 Å². The number of phenols is 2. The average Bonchev–Trinajstić information content (AvgIpc) is 2.43. The summed E-state index contributed by atoms with van der Waals surface area (Å²) < 4.78 is 5.53. The third-order valence-corrected chi connectivity index (χ3v) is 2.81. The maximum absolute atomic E-state index is 12.3. The predicted octanol–water partition coefficient (Wildman–Crippen LogP) is 3.51. The number of carbonyl (C=O) groups excluding carboxylic acids is 1. The van der Waals surface area contributed by atoms with E-state index in [-0.39, 0.29) is 17.1 Å². The van der Waals surface area contributed by atoms with Gasteiger partial charge < -0.3 is 14.9 Å². The molecular formula is C17H18O4. The van der Waals surface area contributed by atoms with Gasteiger partial charge in [-0.25, -0.2) is 0 Å². The molecule has 0 amide bonds. The SMILES string of the molecule is CC(C)(C)Oc1ccc(C(=O)c2ccccc2)c(O)c1O. The highest BCUT2D eigenvalue weighted by Crippen LogP contribution is 2.40. The van der Waals surface area contributed by atoms with Crippen LogP contribution >= 0.6 is 0 Å². The van der Waals surface area contributed by atoms with Crippen molar-refractivity contribution < 1.29 is 19.7 Å². The normalized spacial score (nSPS) is 11.2. The zero-order valence-corrected chi connectivity index (χ0v) is 12.3. The number of aromatic hydroxyl groups is 2. The fraction of sp³-hybridized carbons (Fsp3) is 0.235. The first kappa shape index (κ1) is 14.9. The molecule has 4 heteroatoms. The summed E-state index contributed by atoms with van der Waals surface area (Å²) in [7, 11) is 0. The lowest BCUT2D eigenvalue weighted by molar-refractivity contribution is 0.103. The number of hydrogen-bond donors (Lipinski definition) is 2. The van der Waals surface area contributed by atoms with E-state index in [2.05, 4.69) is 0 Å². The van der Waals surface area contributed by atoms with Crippen molar-refractivity contribution in [2.75, 3.05) is 0 Å². The fourth-order valence-corrected chi connectivity index (χ4v) is 1.90. The van der Waals surface area contributed by atoms with Crippen LogP contribution in [0.2, 0.25) is 0 Å². The zero-order chi connectivity index (χ0) is 15.6. The average molecular weight is 286 g/mol. The zero-order valence-electron chi connectivity index (χ0n) is 12.3. The third kappa shape index (κ3) is 3.34. The number of hydrogen-bond acceptors (Lipinski definition) is 4. The number of ether oxygens (including phenoxy) is 1. The van der Waals surface area contributed by atoms with E-state index >= 15 is 0 Å². The van der Waals surface area contributed by atoms with Gasteiger partial charge in [0, 0.05) is 5.56 Å². The van der Waals surface area contributed by atoms with Gasteiger partial charge in [-0.15, -0.1) is 0 Å². The Bertz CT molecular complexity index is 654. The Morgan fingerprint density at radius 1 is 0.952 bits per heavy atom. The molecule has 0 aliphatic rings. The molecule has 2 rings (SSSR count). The maximum atomic E-state index is 12.3. The summed E-state index contributed by atoms with van der Waals surface area (Å²) in [5.74, 6) is -1.10. The van der Waals surface area contributed by atoms with E-state index in [0.717, 1.165) is 0 Å². The van der Waals surface area contributed by atoms with Crippen LogP contribution in [0, 0.1) is 0 Å². The van der Waals surface area contributed by atoms with Crippen LogP contribution in [0.4, 0.5) is 0 Å². The summed E-state index contributed by atoms with van der Waals surface area (Å²) in [6, 6.07) is 11.5. The van der Waals surface area contributed by atoms with E-state index in [4.69, 9.17) is 4.74 Å². The molecule has 0 unspecified atom stereocenters. The highest BCUT2D eigenvalue weighted by molar-refractivity contribution is 6.11. The summed E-state index contributed by atoms with van der Waals surface area (Å²) >= 11 is 0. The molecule has 2 aromatic carbocycles. The first-order valence-corrected chi connectivity index (χ1v) is 6.63. The largest absolute Gasteiger partial charge is 0.504 e. The van der Waals surface area contributed by atoms with Crippen LogP contribution in [-0.4, -0.2) is 21.6 Å². The fourth-order valence-electron chi connectivity index (χ4n) is 1.90. The van der Waals surface area contributed by atoms with Crippen molar-refractivity contribution in [3.05, 3.63) is 53.6 Å². The molecule has 0 radical (unpaired) electrons. The van der Waals surface area contributed by atoms with Crippen LogP contribution in [0.25, 0.3) is 0 Å². The summed E-state index contributed by atoms with van der Waals surface area (Å²) in [6.45, 7) is 5.48. The highest BCUT2D eigenvalue weighted by Gasteiger charge is 2.22. The Labute approximate surface area is 123 Å². The first-order valence-electron chi connectivity index (χ1n) is 6.63. The van der Waals surface area contributed by atoms with Gasteiger partial charge in [0.15, 0.2) is 17.3 Å². The van der Waals surface area contributed by atoms with E-state index in [1.807, 2.05) is 20.8 Å². The lowest BCUT2D eigenvalue weighted by Gasteiger charge is -2.22. The number of benzene rings is 2. The molecule has 21 heavy (non-hydrogen) atoms. The van der Waals surface area contributed by atoms with Crippen molar-refractivity contribution in [3.8, 4) is 17.2 Å². The molecule has 0 spiro atoms. The van der Waals surface area contributed by atoms with Crippen molar-refractivity contribution >= 4 is 5.78 Å². The standard InChI is InChI=1S/C17H18O4/c1-17(2,3)21-13-10-9-12(15(19)16(13)20)14(18)11-7-5-4-6-8-11/h4-10,19-20H,1-3H3. The Morgan fingerprint density at radius 2 is 1.57 bits per heavy atom. The van der Waals surface area contributed by atoms with Gasteiger partial charge in [0.1, 0.15) is 5.60 Å². The summed E-state index contributed by atoms with van der Waals surface area (Å²) in [4.78, 5) is 12.3. The van der Waals surface area contributed by atoms with Crippen LogP contribution in [0.15, 0.2) is 42.5 Å². The van der Waals surface area contributed by atoms with Crippen molar-refractivity contribution in [3.63, 3.8) is 0 Å². The second-order valence-electron chi connectivity index (χ2n) is 5.72. The number of ketones is 1. The van der Waals surface area contributed by atoms with Gasteiger partial charge >= 0.3 is 0 Å². The Balaban J connectivity index is 2.40. The van der Waals surface area contributed by atoms with Crippen LogP contribution < -0.4 is 4.74 Å². The van der Waals surface area contributed by atoms with E-state index in [0.29, 0.717) is 5.56 Å². The summed E-state index contributed by atoms with van der Waals surface area (Å²) in [5, 5.41) is 20.1. The molecule has 2 aromatic rings. The molecule has 0 aliphatic carbocycles. The van der Waals surface area contributed by atoms with Gasteiger partial charge in [-0.2, -0.15) is 0 Å². The quantitative estimate of drug-likeness (QED) is 0.669. The van der Waals surface area contributed by atoms with Crippen LogP contribution in [0.5, 0.6) is 17.2 Å². The number of rotatable bonds is 3. The molecule has 2 N–H and O–H groups in total. The second kappa shape index (κ2) is 5.48. The number of phenolic OH excluding ortho intramolecular Hbond substituents is 2. The lowest BCUT2D eigenvalue weighted by Crippen LogP contribution is -2.23. The van der Waals surface area contributed by atoms with Gasteiger partial charge in [0.05, 0.1) is 5.56 Å². The maximum Gasteiger partial charge on any atom is 0.201 e. The minimum Gasteiger partial charge on any atom is -0.504 e. The monoisotopic (exact) mass is 286 g/mol. The van der Waals surface area contributed by atoms with Crippen LogP contribution in [0.1, 0.15) is 36.7 Å². The van der Waals surface area contributed by atoms with E-state index < -0.39 is 17.1 Å². The van der Waals surface area contributed by atoms with Crippen LogP contribution in [-0.2, 0) is 0 Å². The molecule has 0 aromatic heterocycles. The summed E-state index contributed by atoms with van der Waals surface area (Å²) in [6.07, 6.45) is 0. The van der Waals surface area contributed by atoms with E-state index in [9.17, 15) is 15.0 Å². The Kier molecular flexibility index (Phi) is 3.89. The highest BCUT2D eigenvalue weighted by atomic mass is 16.5. The van der Waals surface area contributed by atoms with Gasteiger partial charge in [0.2, 0.25) is 5.75 Å².